The summed E-state index contributed by atoms with van der Waals surface area (Å²) < 4.78 is 5.23. The summed E-state index contributed by atoms with van der Waals surface area (Å²) in [4.78, 5) is 4.24. The number of aromatic nitrogens is 1. The van der Waals surface area contributed by atoms with Crippen LogP contribution in [0.15, 0.2) is 42.6 Å². The van der Waals surface area contributed by atoms with Crippen molar-refractivity contribution < 1.29 is 4.74 Å². The Hall–Kier alpha value is -1.74. The van der Waals surface area contributed by atoms with Crippen LogP contribution in [0, 0.1) is 0 Å². The Morgan fingerprint density at radius 2 is 1.89 bits per heavy atom. The van der Waals surface area contributed by atoms with E-state index in [1.54, 1.807) is 13.3 Å². The second-order valence-corrected chi connectivity index (χ2v) is 4.13. The van der Waals surface area contributed by atoms with Crippen LogP contribution in [0.1, 0.15) is 11.1 Å². The Kier molecular flexibility index (Phi) is 4.42. The van der Waals surface area contributed by atoms with Crippen LogP contribution < -0.4 is 10.1 Å². The van der Waals surface area contributed by atoms with E-state index in [1.807, 2.05) is 24.3 Å². The molecule has 94 valence electrons. The molecule has 1 aromatic heterocycles. The van der Waals surface area contributed by atoms with Gasteiger partial charge in [0.05, 0.1) is 7.11 Å². The summed E-state index contributed by atoms with van der Waals surface area (Å²) in [7, 11) is 1.64. The Labute approximate surface area is 112 Å². The first-order valence-corrected chi connectivity index (χ1v) is 6.23. The van der Waals surface area contributed by atoms with Crippen molar-refractivity contribution in [1.82, 2.24) is 4.98 Å². The average molecular weight is 263 g/mol. The van der Waals surface area contributed by atoms with Gasteiger partial charge in [0.2, 0.25) is 0 Å². The van der Waals surface area contributed by atoms with Crippen LogP contribution >= 0.6 is 11.6 Å². The third-order valence-electron chi connectivity index (χ3n) is 2.63. The van der Waals surface area contributed by atoms with Gasteiger partial charge >= 0.3 is 0 Å². The van der Waals surface area contributed by atoms with Gasteiger partial charge in [-0.3, -0.25) is 0 Å². The molecular weight excluding hydrogens is 248 g/mol. The van der Waals surface area contributed by atoms with Crippen molar-refractivity contribution in [2.24, 2.45) is 0 Å². The number of hydrogen-bond donors (Lipinski definition) is 1. The molecular formula is C14H15ClN2O. The summed E-state index contributed by atoms with van der Waals surface area (Å²) in [5, 5.41) is 3.25. The molecule has 0 aliphatic rings. The smallest absolute Gasteiger partial charge is 0.168 e. The fourth-order valence-electron chi connectivity index (χ4n) is 1.62. The maximum absolute atomic E-state index is 5.75. The van der Waals surface area contributed by atoms with E-state index in [9.17, 15) is 0 Å². The summed E-state index contributed by atoms with van der Waals surface area (Å²) >= 11 is 5.75. The molecule has 0 amide bonds. The number of anilines is 1. The molecule has 2 rings (SSSR count). The van der Waals surface area contributed by atoms with Gasteiger partial charge in [0.15, 0.2) is 11.6 Å². The SMILES string of the molecule is COc1cccnc1NCc1ccc(CCl)cc1. The van der Waals surface area contributed by atoms with Crippen molar-refractivity contribution in [3.63, 3.8) is 0 Å². The van der Waals surface area contributed by atoms with E-state index in [0.717, 1.165) is 17.1 Å². The molecule has 0 bridgehead atoms. The van der Waals surface area contributed by atoms with Crippen molar-refractivity contribution in [3.05, 3.63) is 53.7 Å². The number of benzene rings is 1. The van der Waals surface area contributed by atoms with Crippen LogP contribution in [0.25, 0.3) is 0 Å². The standard InChI is InChI=1S/C14H15ClN2O/c1-18-13-3-2-8-16-14(13)17-10-12-6-4-11(9-15)5-7-12/h2-8H,9-10H2,1H3,(H,16,17). The summed E-state index contributed by atoms with van der Waals surface area (Å²) in [5.41, 5.74) is 2.30. The zero-order valence-corrected chi connectivity index (χ0v) is 10.9. The second-order valence-electron chi connectivity index (χ2n) is 3.86. The van der Waals surface area contributed by atoms with E-state index >= 15 is 0 Å². The molecule has 1 N–H and O–H groups in total. The van der Waals surface area contributed by atoms with Gasteiger partial charge < -0.3 is 10.1 Å². The fourth-order valence-corrected chi connectivity index (χ4v) is 1.80. The Bertz CT molecular complexity index is 499. The lowest BCUT2D eigenvalue weighted by atomic mass is 10.1. The fraction of sp³-hybridized carbons (Fsp3) is 0.214. The Morgan fingerprint density at radius 1 is 1.17 bits per heavy atom. The molecule has 3 nitrogen and oxygen atoms in total. The summed E-state index contributed by atoms with van der Waals surface area (Å²) in [6, 6.07) is 11.9. The van der Waals surface area contributed by atoms with Crippen LogP contribution in [0.5, 0.6) is 5.75 Å². The molecule has 18 heavy (non-hydrogen) atoms. The van der Waals surface area contributed by atoms with Gasteiger partial charge in [-0.2, -0.15) is 0 Å². The monoisotopic (exact) mass is 262 g/mol. The molecule has 0 saturated carbocycles. The minimum absolute atomic E-state index is 0.543. The number of methoxy groups -OCH3 is 1. The molecule has 1 aromatic carbocycles. The van der Waals surface area contributed by atoms with Crippen molar-refractivity contribution in [3.8, 4) is 5.75 Å². The van der Waals surface area contributed by atoms with Gasteiger partial charge in [-0.15, -0.1) is 11.6 Å². The topological polar surface area (TPSA) is 34.1 Å². The maximum Gasteiger partial charge on any atom is 0.168 e. The third-order valence-corrected chi connectivity index (χ3v) is 2.94. The lowest BCUT2D eigenvalue weighted by Gasteiger charge is -2.09. The first-order valence-electron chi connectivity index (χ1n) is 5.70. The number of nitrogens with one attached hydrogen (secondary N) is 1. The number of nitrogens with zero attached hydrogens (tertiary/aromatic N) is 1. The molecule has 0 aliphatic heterocycles. The highest BCUT2D eigenvalue weighted by atomic mass is 35.5. The van der Waals surface area contributed by atoms with Crippen molar-refractivity contribution >= 4 is 17.4 Å². The van der Waals surface area contributed by atoms with E-state index in [4.69, 9.17) is 16.3 Å². The highest BCUT2D eigenvalue weighted by Crippen LogP contribution is 2.20. The van der Waals surface area contributed by atoms with Gasteiger partial charge in [0, 0.05) is 18.6 Å². The summed E-state index contributed by atoms with van der Waals surface area (Å²) in [5.74, 6) is 2.04. The lowest BCUT2D eigenvalue weighted by Crippen LogP contribution is -2.03. The summed E-state index contributed by atoms with van der Waals surface area (Å²) in [6.07, 6.45) is 1.74. The van der Waals surface area contributed by atoms with Crippen molar-refractivity contribution in [2.75, 3.05) is 12.4 Å². The number of hydrogen-bond acceptors (Lipinski definition) is 3. The molecule has 0 radical (unpaired) electrons. The first kappa shape index (κ1) is 12.7. The van der Waals surface area contributed by atoms with E-state index in [-0.39, 0.29) is 0 Å². The molecule has 4 heteroatoms. The first-order chi connectivity index (χ1) is 8.83. The second kappa shape index (κ2) is 6.26. The number of rotatable bonds is 5. The minimum Gasteiger partial charge on any atom is -0.493 e. The molecule has 0 unspecified atom stereocenters. The molecule has 0 saturated heterocycles. The Balaban J connectivity index is 2.02. The number of halogens is 1. The predicted octanol–water partition coefficient (Wildman–Crippen LogP) is 3.44. The van der Waals surface area contributed by atoms with Gasteiger partial charge in [-0.25, -0.2) is 4.98 Å². The number of alkyl halides is 1. The van der Waals surface area contributed by atoms with Crippen LogP contribution in [0.2, 0.25) is 0 Å². The normalized spacial score (nSPS) is 10.1. The van der Waals surface area contributed by atoms with E-state index in [0.29, 0.717) is 12.4 Å². The Morgan fingerprint density at radius 3 is 2.56 bits per heavy atom. The van der Waals surface area contributed by atoms with Crippen LogP contribution in [0.3, 0.4) is 0 Å². The van der Waals surface area contributed by atoms with Gasteiger partial charge in [-0.1, -0.05) is 24.3 Å². The zero-order chi connectivity index (χ0) is 12.8. The molecule has 0 spiro atoms. The predicted molar refractivity (Wildman–Crippen MR) is 74.1 cm³/mol. The summed E-state index contributed by atoms with van der Waals surface area (Å²) in [6.45, 7) is 0.704. The maximum atomic E-state index is 5.75. The van der Waals surface area contributed by atoms with Gasteiger partial charge in [-0.05, 0) is 23.3 Å². The van der Waals surface area contributed by atoms with E-state index < -0.39 is 0 Å². The van der Waals surface area contributed by atoms with E-state index in [2.05, 4.69) is 22.4 Å². The van der Waals surface area contributed by atoms with Gasteiger partial charge in [0.1, 0.15) is 0 Å². The molecule has 0 atom stereocenters. The van der Waals surface area contributed by atoms with Crippen LogP contribution in [0.4, 0.5) is 5.82 Å². The molecule has 1 heterocycles. The average Bonchev–Trinajstić information content (AvgIpc) is 2.46. The minimum atomic E-state index is 0.543. The van der Waals surface area contributed by atoms with E-state index in [1.165, 1.54) is 5.56 Å². The highest BCUT2D eigenvalue weighted by molar-refractivity contribution is 6.17. The highest BCUT2D eigenvalue weighted by Gasteiger charge is 2.02. The van der Waals surface area contributed by atoms with Crippen LogP contribution in [-0.2, 0) is 12.4 Å². The van der Waals surface area contributed by atoms with Crippen molar-refractivity contribution in [2.45, 2.75) is 12.4 Å². The third kappa shape index (κ3) is 3.14. The van der Waals surface area contributed by atoms with Crippen LogP contribution in [-0.4, -0.2) is 12.1 Å². The molecule has 2 aromatic rings. The zero-order valence-electron chi connectivity index (χ0n) is 10.2. The van der Waals surface area contributed by atoms with Crippen molar-refractivity contribution in [1.29, 1.82) is 0 Å². The number of pyridine rings is 1. The molecule has 0 fully saturated rings. The lowest BCUT2D eigenvalue weighted by molar-refractivity contribution is 0.415. The quantitative estimate of drug-likeness (QED) is 0.838. The number of ether oxygens (including phenoxy) is 1. The van der Waals surface area contributed by atoms with Gasteiger partial charge in [0.25, 0.3) is 0 Å². The largest absolute Gasteiger partial charge is 0.493 e. The molecule has 0 aliphatic carbocycles.